The Labute approximate surface area is 199 Å². The van der Waals surface area contributed by atoms with Crippen molar-refractivity contribution < 1.29 is 19.0 Å². The first kappa shape index (κ1) is 26.2. The Morgan fingerprint density at radius 2 is 1.48 bits per heavy atom. The summed E-state index contributed by atoms with van der Waals surface area (Å²) in [4.78, 5) is 12.7. The third-order valence-corrected chi connectivity index (χ3v) is 4.41. The molecule has 0 aromatic heterocycles. The molecule has 0 aliphatic heterocycles. The maximum Gasteiger partial charge on any atom is 0.185 e. The third kappa shape index (κ3) is 8.80. The molecule has 0 bridgehead atoms. The molecule has 0 saturated heterocycles. The van der Waals surface area contributed by atoms with Crippen LogP contribution in [-0.4, -0.2) is 23.6 Å². The lowest BCUT2D eigenvalue weighted by atomic mass is 10.0. The molecule has 4 heteroatoms. The number of carbonyl (C=O) groups excluding carboxylic acids is 1. The van der Waals surface area contributed by atoms with Gasteiger partial charge in [0.25, 0.3) is 0 Å². The van der Waals surface area contributed by atoms with E-state index >= 15 is 0 Å². The summed E-state index contributed by atoms with van der Waals surface area (Å²) in [5.41, 5.74) is 1.62. The molecule has 0 amide bonds. The minimum atomic E-state index is -0.380. The van der Waals surface area contributed by atoms with Crippen LogP contribution in [0.15, 0.2) is 55.1 Å². The van der Waals surface area contributed by atoms with Crippen molar-refractivity contribution in [1.82, 2.24) is 0 Å². The highest BCUT2D eigenvalue weighted by molar-refractivity contribution is 6.06. The molecule has 0 radical (unpaired) electrons. The van der Waals surface area contributed by atoms with E-state index in [9.17, 15) is 4.79 Å². The van der Waals surface area contributed by atoms with E-state index in [1.54, 1.807) is 24.3 Å². The number of hydrogen-bond donors (Lipinski definition) is 0. The zero-order valence-electron chi connectivity index (χ0n) is 21.2. The van der Waals surface area contributed by atoms with Crippen LogP contribution in [0.4, 0.5) is 0 Å². The van der Waals surface area contributed by atoms with Crippen LogP contribution in [0.25, 0.3) is 6.08 Å². The van der Waals surface area contributed by atoms with E-state index in [0.29, 0.717) is 18.6 Å². The van der Waals surface area contributed by atoms with Crippen molar-refractivity contribution in [2.75, 3.05) is 6.61 Å². The molecular weight excluding hydrogens is 412 g/mol. The van der Waals surface area contributed by atoms with Crippen molar-refractivity contribution in [3.63, 3.8) is 0 Å². The van der Waals surface area contributed by atoms with E-state index in [4.69, 9.17) is 14.2 Å². The molecule has 33 heavy (non-hydrogen) atoms. The van der Waals surface area contributed by atoms with Crippen molar-refractivity contribution >= 4 is 11.9 Å². The molecule has 2 aromatic rings. The summed E-state index contributed by atoms with van der Waals surface area (Å²) in [5.74, 6) is 2.15. The number of carbonyl (C=O) groups is 1. The zero-order valence-corrected chi connectivity index (χ0v) is 21.2. The number of allylic oxidation sites excluding steroid dienone is 2. The van der Waals surface area contributed by atoms with Gasteiger partial charge in [-0.1, -0.05) is 19.1 Å². The Hall–Kier alpha value is -3.01. The van der Waals surface area contributed by atoms with Gasteiger partial charge in [0.15, 0.2) is 5.78 Å². The van der Waals surface area contributed by atoms with Crippen LogP contribution in [0, 0.1) is 0 Å². The molecule has 2 rings (SSSR count). The van der Waals surface area contributed by atoms with E-state index < -0.39 is 0 Å². The Morgan fingerprint density at radius 3 is 1.94 bits per heavy atom. The van der Waals surface area contributed by atoms with Crippen LogP contribution in [0.5, 0.6) is 17.2 Å². The normalized spacial score (nSPS) is 12.0. The zero-order chi connectivity index (χ0) is 24.6. The monoisotopic (exact) mass is 450 g/mol. The van der Waals surface area contributed by atoms with Gasteiger partial charge in [-0.05, 0) is 102 Å². The average Bonchev–Trinajstić information content (AvgIpc) is 2.71. The summed E-state index contributed by atoms with van der Waals surface area (Å²) in [6.07, 6.45) is 6.77. The van der Waals surface area contributed by atoms with Crippen molar-refractivity contribution in [3.05, 3.63) is 71.8 Å². The molecule has 0 aliphatic rings. The van der Waals surface area contributed by atoms with Crippen LogP contribution in [-0.2, 0) is 6.42 Å². The molecule has 0 saturated carbocycles. The molecule has 0 unspecified atom stereocenters. The Kier molecular flexibility index (Phi) is 8.92. The topological polar surface area (TPSA) is 44.8 Å². The van der Waals surface area contributed by atoms with E-state index in [0.717, 1.165) is 34.8 Å². The highest BCUT2D eigenvalue weighted by Crippen LogP contribution is 2.36. The number of rotatable bonds is 10. The number of ether oxygens (including phenoxy) is 3. The van der Waals surface area contributed by atoms with Gasteiger partial charge in [-0.3, -0.25) is 4.79 Å². The highest BCUT2D eigenvalue weighted by Gasteiger charge is 2.21. The molecule has 0 spiro atoms. The summed E-state index contributed by atoms with van der Waals surface area (Å²) in [6.45, 7) is 18.7. The first-order valence-electron chi connectivity index (χ1n) is 11.5. The summed E-state index contributed by atoms with van der Waals surface area (Å²) in [6, 6.07) is 11.1. The van der Waals surface area contributed by atoms with E-state index in [1.165, 1.54) is 0 Å². The third-order valence-electron chi connectivity index (χ3n) is 4.41. The molecule has 0 aliphatic carbocycles. The van der Waals surface area contributed by atoms with Gasteiger partial charge in [-0.15, -0.1) is 6.58 Å². The predicted molar refractivity (Wildman–Crippen MR) is 137 cm³/mol. The van der Waals surface area contributed by atoms with Gasteiger partial charge in [0.1, 0.15) is 28.5 Å². The van der Waals surface area contributed by atoms with Gasteiger partial charge >= 0.3 is 0 Å². The standard InChI is InChI=1S/C29H38O4/c1-9-11-24-26(32-28(3,4)5)19-21(20-27(24)33-29(6,7)8)12-17-25(30)22-13-15-23(16-14-22)31-18-10-2/h9,12-17,19-20H,1,10-11,18H2,2-8H3/b17-12-. The van der Waals surface area contributed by atoms with Gasteiger partial charge in [0.2, 0.25) is 0 Å². The quantitative estimate of drug-likeness (QED) is 0.214. The van der Waals surface area contributed by atoms with Crippen LogP contribution in [0.2, 0.25) is 0 Å². The minimum Gasteiger partial charge on any atom is -0.494 e. The second-order valence-corrected chi connectivity index (χ2v) is 9.99. The predicted octanol–water partition coefficient (Wildman–Crippen LogP) is 7.45. The average molecular weight is 451 g/mol. The molecule has 0 fully saturated rings. The molecule has 0 heterocycles. The van der Waals surface area contributed by atoms with Gasteiger partial charge in [0, 0.05) is 11.1 Å². The summed E-state index contributed by atoms with van der Waals surface area (Å²) in [7, 11) is 0. The van der Waals surface area contributed by atoms with Crippen LogP contribution in [0.3, 0.4) is 0 Å². The van der Waals surface area contributed by atoms with Crippen molar-refractivity contribution in [1.29, 1.82) is 0 Å². The second kappa shape index (κ2) is 11.2. The molecule has 178 valence electrons. The number of hydrogen-bond acceptors (Lipinski definition) is 4. The molecule has 0 N–H and O–H groups in total. The first-order chi connectivity index (χ1) is 15.4. The Morgan fingerprint density at radius 1 is 0.939 bits per heavy atom. The van der Waals surface area contributed by atoms with Gasteiger partial charge in [-0.2, -0.15) is 0 Å². The van der Waals surface area contributed by atoms with Gasteiger partial charge < -0.3 is 14.2 Å². The van der Waals surface area contributed by atoms with E-state index in [2.05, 4.69) is 13.5 Å². The SMILES string of the molecule is C=CCc1c(OC(C)(C)C)cc(/C=C\C(=O)c2ccc(OCCC)cc2)cc1OC(C)(C)C. The fourth-order valence-electron chi connectivity index (χ4n) is 3.13. The minimum absolute atomic E-state index is 0.0798. The Balaban J connectivity index is 2.38. The van der Waals surface area contributed by atoms with Crippen molar-refractivity contribution in [3.8, 4) is 17.2 Å². The largest absolute Gasteiger partial charge is 0.494 e. The fourth-order valence-corrected chi connectivity index (χ4v) is 3.13. The van der Waals surface area contributed by atoms with Crippen LogP contribution < -0.4 is 14.2 Å². The number of benzene rings is 2. The van der Waals surface area contributed by atoms with Crippen LogP contribution >= 0.6 is 0 Å². The lowest BCUT2D eigenvalue weighted by molar-refractivity contribution is 0.104. The van der Waals surface area contributed by atoms with Crippen LogP contribution in [0.1, 0.15) is 76.4 Å². The van der Waals surface area contributed by atoms with Gasteiger partial charge in [-0.25, -0.2) is 0 Å². The molecule has 0 atom stereocenters. The highest BCUT2D eigenvalue weighted by atomic mass is 16.5. The maximum atomic E-state index is 12.7. The molecule has 2 aromatic carbocycles. The summed E-state index contributed by atoms with van der Waals surface area (Å²) >= 11 is 0. The molecule has 4 nitrogen and oxygen atoms in total. The lowest BCUT2D eigenvalue weighted by Crippen LogP contribution is -2.26. The lowest BCUT2D eigenvalue weighted by Gasteiger charge is -2.28. The Bertz CT molecular complexity index is 933. The second-order valence-electron chi connectivity index (χ2n) is 9.99. The maximum absolute atomic E-state index is 12.7. The van der Waals surface area contributed by atoms with Gasteiger partial charge in [0.05, 0.1) is 6.61 Å². The van der Waals surface area contributed by atoms with Crippen molar-refractivity contribution in [2.45, 2.75) is 72.5 Å². The first-order valence-corrected chi connectivity index (χ1v) is 11.5. The fraction of sp³-hybridized carbons (Fsp3) is 0.414. The van der Waals surface area contributed by atoms with E-state index in [-0.39, 0.29) is 17.0 Å². The molecular formula is C29H38O4. The van der Waals surface area contributed by atoms with E-state index in [1.807, 2.05) is 71.9 Å². The number of ketones is 1. The smallest absolute Gasteiger partial charge is 0.185 e. The van der Waals surface area contributed by atoms with Crippen molar-refractivity contribution in [2.24, 2.45) is 0 Å². The summed E-state index contributed by atoms with van der Waals surface area (Å²) < 4.78 is 18.1. The summed E-state index contributed by atoms with van der Waals surface area (Å²) in [5, 5.41) is 0.